The van der Waals surface area contributed by atoms with Crippen LogP contribution in [-0.2, 0) is 0 Å². The lowest BCUT2D eigenvalue weighted by molar-refractivity contribution is 0.0587. The van der Waals surface area contributed by atoms with Crippen molar-refractivity contribution in [1.82, 2.24) is 0 Å². The highest BCUT2D eigenvalue weighted by Crippen LogP contribution is 2.48. The fourth-order valence-electron chi connectivity index (χ4n) is 4.03. The van der Waals surface area contributed by atoms with E-state index in [9.17, 15) is 0 Å². The first-order valence-corrected chi connectivity index (χ1v) is 7.21. The average Bonchev–Trinajstić information content (AvgIpc) is 2.31. The summed E-state index contributed by atoms with van der Waals surface area (Å²) in [5.41, 5.74) is 0.640. The molecule has 2 aliphatic carbocycles. The van der Waals surface area contributed by atoms with Gasteiger partial charge in [-0.25, -0.2) is 0 Å². The zero-order chi connectivity index (χ0) is 10.7. The van der Waals surface area contributed by atoms with Crippen LogP contribution in [0, 0.1) is 17.3 Å². The molecule has 2 saturated carbocycles. The van der Waals surface area contributed by atoms with E-state index >= 15 is 0 Å². The standard InChI is InChI=1S/C15H28/c1-15(2,13-9-5-3-6-10-13)14-11-7-4-8-12-14/h13-14H,3-12H2,1-2H3. The zero-order valence-corrected chi connectivity index (χ0v) is 10.7. The maximum absolute atomic E-state index is 2.57. The van der Waals surface area contributed by atoms with Gasteiger partial charge in [-0.05, 0) is 42.9 Å². The van der Waals surface area contributed by atoms with Crippen LogP contribution in [0.1, 0.15) is 78.1 Å². The molecule has 0 spiro atoms. The molecule has 0 N–H and O–H groups in total. The van der Waals surface area contributed by atoms with E-state index < -0.39 is 0 Å². The Kier molecular flexibility index (Phi) is 3.74. The lowest BCUT2D eigenvalue weighted by Gasteiger charge is -2.44. The minimum Gasteiger partial charge on any atom is -0.0594 e. The molecule has 0 aliphatic heterocycles. The predicted molar refractivity (Wildman–Crippen MR) is 66.9 cm³/mol. The van der Waals surface area contributed by atoms with E-state index in [4.69, 9.17) is 0 Å². The lowest BCUT2D eigenvalue weighted by Crippen LogP contribution is -2.35. The molecule has 0 aromatic rings. The molecule has 0 saturated heterocycles. The van der Waals surface area contributed by atoms with Crippen molar-refractivity contribution in [1.29, 1.82) is 0 Å². The summed E-state index contributed by atoms with van der Waals surface area (Å²) in [5.74, 6) is 2.07. The summed E-state index contributed by atoms with van der Waals surface area (Å²) < 4.78 is 0. The molecule has 0 heteroatoms. The van der Waals surface area contributed by atoms with Crippen LogP contribution in [0.25, 0.3) is 0 Å². The Balaban J connectivity index is 1.96. The van der Waals surface area contributed by atoms with Gasteiger partial charge in [0.05, 0.1) is 0 Å². The van der Waals surface area contributed by atoms with Gasteiger partial charge in [0, 0.05) is 0 Å². The highest BCUT2D eigenvalue weighted by molar-refractivity contribution is 4.88. The molecule has 2 rings (SSSR count). The van der Waals surface area contributed by atoms with Gasteiger partial charge in [-0.3, -0.25) is 0 Å². The Labute approximate surface area is 95.8 Å². The molecule has 0 amide bonds. The van der Waals surface area contributed by atoms with Crippen LogP contribution in [0.4, 0.5) is 0 Å². The molecule has 0 bridgehead atoms. The Morgan fingerprint density at radius 3 is 1.27 bits per heavy atom. The fraction of sp³-hybridized carbons (Fsp3) is 1.00. The zero-order valence-electron chi connectivity index (χ0n) is 10.7. The summed E-state index contributed by atoms with van der Waals surface area (Å²) >= 11 is 0. The molecule has 2 aliphatic rings. The topological polar surface area (TPSA) is 0 Å². The van der Waals surface area contributed by atoms with E-state index in [1.807, 2.05) is 0 Å². The third kappa shape index (κ3) is 2.57. The van der Waals surface area contributed by atoms with Crippen LogP contribution >= 0.6 is 0 Å². The molecule has 88 valence electrons. The highest BCUT2D eigenvalue weighted by atomic mass is 14.4. The van der Waals surface area contributed by atoms with E-state index in [2.05, 4.69) is 13.8 Å². The van der Waals surface area contributed by atoms with Crippen LogP contribution in [0.3, 0.4) is 0 Å². The Bertz CT molecular complexity index is 160. The number of hydrogen-bond donors (Lipinski definition) is 0. The third-order valence-corrected chi connectivity index (χ3v) is 5.31. The second-order valence-corrected chi connectivity index (χ2v) is 6.49. The first kappa shape index (κ1) is 11.5. The van der Waals surface area contributed by atoms with E-state index in [0.29, 0.717) is 5.41 Å². The summed E-state index contributed by atoms with van der Waals surface area (Å²) in [6.07, 6.45) is 15.1. The van der Waals surface area contributed by atoms with Gasteiger partial charge in [0.1, 0.15) is 0 Å². The largest absolute Gasteiger partial charge is 0.0594 e. The molecule has 0 heterocycles. The molecule has 2 fully saturated rings. The second-order valence-electron chi connectivity index (χ2n) is 6.49. The summed E-state index contributed by atoms with van der Waals surface area (Å²) in [7, 11) is 0. The van der Waals surface area contributed by atoms with Gasteiger partial charge < -0.3 is 0 Å². The first-order chi connectivity index (χ1) is 7.21. The van der Waals surface area contributed by atoms with Gasteiger partial charge in [-0.2, -0.15) is 0 Å². The van der Waals surface area contributed by atoms with Gasteiger partial charge in [-0.1, -0.05) is 52.4 Å². The Morgan fingerprint density at radius 2 is 0.933 bits per heavy atom. The molecule has 0 aromatic carbocycles. The van der Waals surface area contributed by atoms with E-state index in [1.165, 1.54) is 64.2 Å². The molecule has 0 nitrogen and oxygen atoms in total. The van der Waals surface area contributed by atoms with Gasteiger partial charge in [0.15, 0.2) is 0 Å². The van der Waals surface area contributed by atoms with Gasteiger partial charge in [-0.15, -0.1) is 0 Å². The highest BCUT2D eigenvalue weighted by Gasteiger charge is 2.37. The van der Waals surface area contributed by atoms with Crippen LogP contribution in [0.5, 0.6) is 0 Å². The molecular weight excluding hydrogens is 180 g/mol. The normalized spacial score (nSPS) is 26.8. The quantitative estimate of drug-likeness (QED) is 0.587. The molecule has 0 radical (unpaired) electrons. The molecular formula is C15H28. The van der Waals surface area contributed by atoms with Crippen molar-refractivity contribution in [3.8, 4) is 0 Å². The van der Waals surface area contributed by atoms with Crippen LogP contribution < -0.4 is 0 Å². The van der Waals surface area contributed by atoms with E-state index in [0.717, 1.165) is 11.8 Å². The molecule has 15 heavy (non-hydrogen) atoms. The van der Waals surface area contributed by atoms with Crippen LogP contribution in [0.15, 0.2) is 0 Å². The summed E-state index contributed by atoms with van der Waals surface area (Å²) in [6.45, 7) is 5.14. The number of rotatable bonds is 2. The lowest BCUT2D eigenvalue weighted by atomic mass is 9.61. The van der Waals surface area contributed by atoms with Gasteiger partial charge >= 0.3 is 0 Å². The molecule has 0 aromatic heterocycles. The molecule has 0 atom stereocenters. The smallest absolute Gasteiger partial charge is 0.0298 e. The average molecular weight is 208 g/mol. The van der Waals surface area contributed by atoms with Crippen molar-refractivity contribution in [2.45, 2.75) is 78.1 Å². The van der Waals surface area contributed by atoms with E-state index in [1.54, 1.807) is 0 Å². The number of hydrogen-bond acceptors (Lipinski definition) is 0. The maximum Gasteiger partial charge on any atom is -0.0298 e. The van der Waals surface area contributed by atoms with Crippen molar-refractivity contribution >= 4 is 0 Å². The summed E-state index contributed by atoms with van der Waals surface area (Å²) in [5, 5.41) is 0. The monoisotopic (exact) mass is 208 g/mol. The fourth-order valence-corrected chi connectivity index (χ4v) is 4.03. The van der Waals surface area contributed by atoms with Crippen molar-refractivity contribution in [2.24, 2.45) is 17.3 Å². The van der Waals surface area contributed by atoms with E-state index in [-0.39, 0.29) is 0 Å². The van der Waals surface area contributed by atoms with Gasteiger partial charge in [0.2, 0.25) is 0 Å². The maximum atomic E-state index is 2.57. The Morgan fingerprint density at radius 1 is 0.600 bits per heavy atom. The minimum atomic E-state index is 0.640. The first-order valence-electron chi connectivity index (χ1n) is 7.21. The Hall–Kier alpha value is 0. The third-order valence-electron chi connectivity index (χ3n) is 5.31. The van der Waals surface area contributed by atoms with Crippen LogP contribution in [0.2, 0.25) is 0 Å². The van der Waals surface area contributed by atoms with Crippen molar-refractivity contribution in [3.63, 3.8) is 0 Å². The summed E-state index contributed by atoms with van der Waals surface area (Å²) in [4.78, 5) is 0. The summed E-state index contributed by atoms with van der Waals surface area (Å²) in [6, 6.07) is 0. The SMILES string of the molecule is CC(C)(C1CCCCC1)C1CCCCC1. The van der Waals surface area contributed by atoms with Crippen LogP contribution in [-0.4, -0.2) is 0 Å². The van der Waals surface area contributed by atoms with Crippen molar-refractivity contribution < 1.29 is 0 Å². The van der Waals surface area contributed by atoms with Crippen molar-refractivity contribution in [3.05, 3.63) is 0 Å². The molecule has 0 unspecified atom stereocenters. The van der Waals surface area contributed by atoms with Gasteiger partial charge in [0.25, 0.3) is 0 Å². The van der Waals surface area contributed by atoms with Crippen molar-refractivity contribution in [2.75, 3.05) is 0 Å². The predicted octanol–water partition coefficient (Wildman–Crippen LogP) is 5.17. The minimum absolute atomic E-state index is 0.640. The second kappa shape index (κ2) is 4.89.